The first-order valence-corrected chi connectivity index (χ1v) is 16.0. The van der Waals surface area contributed by atoms with Crippen LogP contribution >= 0.6 is 0 Å². The highest BCUT2D eigenvalue weighted by atomic mass is 16.7. The van der Waals surface area contributed by atoms with Crippen molar-refractivity contribution in [2.24, 2.45) is 11.7 Å². The minimum atomic E-state index is -2.20. The van der Waals surface area contributed by atoms with Gasteiger partial charge in [-0.05, 0) is 73.3 Å². The number of benzene rings is 2. The summed E-state index contributed by atoms with van der Waals surface area (Å²) < 4.78 is 11.7. The van der Waals surface area contributed by atoms with Crippen LogP contribution in [0.15, 0.2) is 83.2 Å². The number of rotatable bonds is 14. The number of carbonyl (C=O) groups excluding carboxylic acids is 3. The van der Waals surface area contributed by atoms with Crippen molar-refractivity contribution in [3.8, 4) is 0 Å². The van der Waals surface area contributed by atoms with Crippen LogP contribution in [0.4, 0.5) is 0 Å². The third-order valence-corrected chi connectivity index (χ3v) is 9.15. The van der Waals surface area contributed by atoms with Gasteiger partial charge in [0.2, 0.25) is 5.78 Å². The number of nitrogens with two attached hydrogens (primary N) is 1. The standard InChI is InChI=1S/C37H44N2O7/c1-23(2)18-27-10-7-11-30-32(27)34(43)37(35(44)45-22-29(41)15-14-25-8-5-4-6-9-25)36(46-37,33(30)42)20-28(21-40)24(3)12-13-26-16-17-39-31(38)19-26/h4-11,16,19,23,29,39-41H,12-15,17-18,20-22,38H2,1-3H3/b28-24-/t29-,36+,37+/m1/s1. The monoisotopic (exact) mass is 628 g/mol. The second-order valence-electron chi connectivity index (χ2n) is 13.0. The van der Waals surface area contributed by atoms with Crippen molar-refractivity contribution < 1.29 is 34.1 Å². The summed E-state index contributed by atoms with van der Waals surface area (Å²) in [5.74, 6) is -1.31. The smallest absolute Gasteiger partial charge is 0.350 e. The second-order valence-corrected chi connectivity index (χ2v) is 13.0. The van der Waals surface area contributed by atoms with Gasteiger partial charge in [0, 0.05) is 24.1 Å². The molecule has 2 aromatic rings. The second kappa shape index (κ2) is 13.7. The number of esters is 1. The Labute approximate surface area is 270 Å². The van der Waals surface area contributed by atoms with Crippen LogP contribution in [0.3, 0.4) is 0 Å². The summed E-state index contributed by atoms with van der Waals surface area (Å²) in [6, 6.07) is 14.8. The van der Waals surface area contributed by atoms with Crippen molar-refractivity contribution in [3.63, 3.8) is 0 Å². The Morgan fingerprint density at radius 3 is 2.54 bits per heavy atom. The van der Waals surface area contributed by atoms with Gasteiger partial charge >= 0.3 is 5.97 Å². The number of dihydropyridines is 1. The van der Waals surface area contributed by atoms with Gasteiger partial charge in [-0.25, -0.2) is 4.79 Å². The Morgan fingerprint density at radius 1 is 1.09 bits per heavy atom. The van der Waals surface area contributed by atoms with Gasteiger partial charge in [-0.15, -0.1) is 0 Å². The lowest BCUT2D eigenvalue weighted by atomic mass is 9.69. The summed E-state index contributed by atoms with van der Waals surface area (Å²) in [6.45, 7) is 5.80. The lowest BCUT2D eigenvalue weighted by molar-refractivity contribution is -0.151. The SMILES string of the molecule is C/C(CCC1=CCNC(N)=C1)=C(/CO)C[C@@]12O[C@]1(C(=O)OC[C@H](O)CCc1ccccc1)C(=O)c1c(CC(C)C)cccc1C2=O. The van der Waals surface area contributed by atoms with Crippen LogP contribution in [0.5, 0.6) is 0 Å². The van der Waals surface area contributed by atoms with E-state index in [-0.39, 0.29) is 36.7 Å². The van der Waals surface area contributed by atoms with E-state index in [2.05, 4.69) is 5.32 Å². The number of nitrogens with one attached hydrogen (secondary N) is 1. The quantitative estimate of drug-likeness (QED) is 0.105. The minimum absolute atomic E-state index is 0.141. The van der Waals surface area contributed by atoms with E-state index in [1.165, 1.54) is 0 Å². The first-order valence-electron chi connectivity index (χ1n) is 16.0. The average molecular weight is 629 g/mol. The Hall–Kier alpha value is -4.05. The number of aryl methyl sites for hydroxylation is 1. The van der Waals surface area contributed by atoms with Crippen molar-refractivity contribution in [2.75, 3.05) is 19.8 Å². The van der Waals surface area contributed by atoms with Crippen LogP contribution < -0.4 is 11.1 Å². The molecular formula is C37H44N2O7. The lowest BCUT2D eigenvalue weighted by Gasteiger charge is -2.27. The van der Waals surface area contributed by atoms with Gasteiger partial charge in [-0.3, -0.25) is 9.59 Å². The van der Waals surface area contributed by atoms with E-state index in [9.17, 15) is 24.6 Å². The van der Waals surface area contributed by atoms with Crippen LogP contribution in [0.1, 0.15) is 78.3 Å². The van der Waals surface area contributed by atoms with Crippen LogP contribution in [-0.4, -0.2) is 64.8 Å². The molecule has 9 nitrogen and oxygen atoms in total. The lowest BCUT2D eigenvalue weighted by Crippen LogP contribution is -2.51. The number of aliphatic hydroxyl groups is 2. The molecule has 3 atom stereocenters. The molecule has 2 aromatic carbocycles. The number of hydrogen-bond acceptors (Lipinski definition) is 9. The van der Waals surface area contributed by atoms with E-state index in [1.54, 1.807) is 18.2 Å². The molecule has 0 spiro atoms. The van der Waals surface area contributed by atoms with Gasteiger partial charge in [-0.2, -0.15) is 0 Å². The zero-order chi connectivity index (χ0) is 33.1. The predicted octanol–water partition coefficient (Wildman–Crippen LogP) is 4.12. The topological polar surface area (TPSA) is 151 Å². The molecule has 0 aromatic heterocycles. The molecule has 1 aliphatic carbocycles. The molecule has 0 unspecified atom stereocenters. The molecule has 2 aliphatic heterocycles. The van der Waals surface area contributed by atoms with E-state index in [0.717, 1.165) is 16.7 Å². The third kappa shape index (κ3) is 6.45. The average Bonchev–Trinajstić information content (AvgIpc) is 3.75. The maximum Gasteiger partial charge on any atom is 0.350 e. The molecule has 9 heteroatoms. The Balaban J connectivity index is 1.42. The van der Waals surface area contributed by atoms with Crippen molar-refractivity contribution in [1.82, 2.24) is 5.32 Å². The van der Waals surface area contributed by atoms with Crippen molar-refractivity contribution >= 4 is 17.5 Å². The first-order chi connectivity index (χ1) is 22.0. The number of ketones is 2. The van der Waals surface area contributed by atoms with Crippen LogP contribution in [0.25, 0.3) is 0 Å². The summed E-state index contributed by atoms with van der Waals surface area (Å²) in [7, 11) is 0. The van der Waals surface area contributed by atoms with Crippen molar-refractivity contribution in [2.45, 2.75) is 76.6 Å². The number of Topliss-reactive ketones (excluding diaryl/α,β-unsaturated/α-hetero) is 2. The number of hydrogen-bond donors (Lipinski definition) is 4. The van der Waals surface area contributed by atoms with Gasteiger partial charge in [0.05, 0.1) is 18.5 Å². The largest absolute Gasteiger partial charge is 0.460 e. The molecule has 0 saturated carbocycles. The number of epoxide rings is 1. The molecule has 1 fully saturated rings. The molecule has 0 amide bonds. The van der Waals surface area contributed by atoms with E-state index in [0.29, 0.717) is 55.6 Å². The predicted molar refractivity (Wildman–Crippen MR) is 174 cm³/mol. The van der Waals surface area contributed by atoms with E-state index < -0.39 is 34.8 Å². The summed E-state index contributed by atoms with van der Waals surface area (Å²) in [4.78, 5) is 42.6. The first kappa shape index (κ1) is 33.3. The molecule has 0 bridgehead atoms. The van der Waals surface area contributed by atoms with E-state index in [4.69, 9.17) is 15.2 Å². The zero-order valence-electron chi connectivity index (χ0n) is 26.8. The van der Waals surface area contributed by atoms with E-state index >= 15 is 0 Å². The molecular weight excluding hydrogens is 584 g/mol. The highest BCUT2D eigenvalue weighted by molar-refractivity contribution is 6.33. The number of ether oxygens (including phenoxy) is 2. The Bertz CT molecular complexity index is 1590. The highest BCUT2D eigenvalue weighted by Gasteiger charge is 2.85. The van der Waals surface area contributed by atoms with Crippen LogP contribution in [-0.2, 0) is 27.1 Å². The summed E-state index contributed by atoms with van der Waals surface area (Å²) in [5.41, 5.74) is 6.36. The van der Waals surface area contributed by atoms with Gasteiger partial charge < -0.3 is 30.7 Å². The van der Waals surface area contributed by atoms with Gasteiger partial charge in [0.15, 0.2) is 11.4 Å². The van der Waals surface area contributed by atoms with Gasteiger partial charge in [0.25, 0.3) is 5.60 Å². The number of allylic oxidation sites excluding steroid dienone is 3. The van der Waals surface area contributed by atoms with E-state index in [1.807, 2.05) is 63.3 Å². The fourth-order valence-corrected chi connectivity index (χ4v) is 6.54. The summed E-state index contributed by atoms with van der Waals surface area (Å²) in [5, 5.41) is 24.2. The number of fused-ring (bicyclic) bond motifs is 2. The molecule has 2 heterocycles. The summed E-state index contributed by atoms with van der Waals surface area (Å²) in [6.07, 6.45) is 5.47. The fourth-order valence-electron chi connectivity index (χ4n) is 6.54. The normalized spacial score (nSPS) is 23.0. The fraction of sp³-hybridized carbons (Fsp3) is 0.432. The van der Waals surface area contributed by atoms with Crippen molar-refractivity contribution in [1.29, 1.82) is 0 Å². The van der Waals surface area contributed by atoms with Gasteiger partial charge in [0.1, 0.15) is 6.61 Å². The maximum absolute atomic E-state index is 14.4. The maximum atomic E-state index is 14.4. The molecule has 5 N–H and O–H groups in total. The van der Waals surface area contributed by atoms with Gasteiger partial charge in [-0.1, -0.05) is 74.0 Å². The minimum Gasteiger partial charge on any atom is -0.460 e. The molecule has 244 valence electrons. The molecule has 46 heavy (non-hydrogen) atoms. The third-order valence-electron chi connectivity index (χ3n) is 9.15. The number of carbonyl (C=O) groups is 3. The summed E-state index contributed by atoms with van der Waals surface area (Å²) >= 11 is 0. The molecule has 5 rings (SSSR count). The Morgan fingerprint density at radius 2 is 1.85 bits per heavy atom. The molecule has 0 radical (unpaired) electrons. The molecule has 3 aliphatic rings. The molecule has 1 saturated heterocycles. The Kier molecular flexibility index (Phi) is 9.96. The number of aliphatic hydroxyl groups excluding tert-OH is 2. The zero-order valence-corrected chi connectivity index (χ0v) is 26.8. The van der Waals surface area contributed by atoms with Crippen molar-refractivity contribution in [3.05, 3.63) is 105 Å². The van der Waals surface area contributed by atoms with Crippen LogP contribution in [0.2, 0.25) is 0 Å². The highest BCUT2D eigenvalue weighted by Crippen LogP contribution is 2.60. The van der Waals surface area contributed by atoms with Crippen LogP contribution in [0, 0.1) is 5.92 Å².